The molecule has 1 aromatic heterocycles. The fourth-order valence-corrected chi connectivity index (χ4v) is 1.32. The van der Waals surface area contributed by atoms with Gasteiger partial charge in [-0.3, -0.25) is 5.10 Å². The first-order chi connectivity index (χ1) is 5.18. The Morgan fingerprint density at radius 2 is 2.45 bits per heavy atom. The summed E-state index contributed by atoms with van der Waals surface area (Å²) in [7, 11) is 0. The summed E-state index contributed by atoms with van der Waals surface area (Å²) in [5.74, 6) is 1.70. The van der Waals surface area contributed by atoms with Gasteiger partial charge >= 0.3 is 0 Å². The third-order valence-electron chi connectivity index (χ3n) is 1.05. The summed E-state index contributed by atoms with van der Waals surface area (Å²) in [5, 5.41) is 7.51. The Morgan fingerprint density at radius 3 is 2.91 bits per heavy atom. The summed E-state index contributed by atoms with van der Waals surface area (Å²) in [6, 6.07) is 0.193. The summed E-state index contributed by atoms with van der Waals surface area (Å²) in [5.41, 5.74) is 5.56. The topological polar surface area (TPSA) is 67.6 Å². The lowest BCUT2D eigenvalue weighted by Gasteiger charge is -1.99. The molecule has 0 aliphatic carbocycles. The molecule has 5 heteroatoms. The third-order valence-corrected chi connectivity index (χ3v) is 2.19. The number of thioether (sulfide) groups is 1. The molecule has 0 amide bonds. The molecule has 11 heavy (non-hydrogen) atoms. The lowest BCUT2D eigenvalue weighted by molar-refractivity contribution is 0.842. The lowest BCUT2D eigenvalue weighted by atomic mass is 10.4. The summed E-state index contributed by atoms with van der Waals surface area (Å²) in [6.07, 6.45) is 0. The van der Waals surface area contributed by atoms with E-state index < -0.39 is 0 Å². The highest BCUT2D eigenvalue weighted by molar-refractivity contribution is 7.99. The van der Waals surface area contributed by atoms with Gasteiger partial charge in [-0.05, 0) is 13.8 Å². The van der Waals surface area contributed by atoms with E-state index in [9.17, 15) is 0 Å². The minimum absolute atomic E-state index is 0.193. The molecule has 1 rings (SSSR count). The molecule has 0 unspecified atom stereocenters. The molecule has 0 fully saturated rings. The molecular formula is C6H12N4S. The van der Waals surface area contributed by atoms with Gasteiger partial charge in [0.15, 0.2) is 0 Å². The largest absolute Gasteiger partial charge is 0.327 e. The zero-order valence-electron chi connectivity index (χ0n) is 6.66. The smallest absolute Gasteiger partial charge is 0.208 e. The fourth-order valence-electron chi connectivity index (χ4n) is 0.593. The maximum absolute atomic E-state index is 5.56. The summed E-state index contributed by atoms with van der Waals surface area (Å²) in [4.78, 5) is 4.12. The first kappa shape index (κ1) is 8.55. The van der Waals surface area contributed by atoms with Gasteiger partial charge in [-0.2, -0.15) is 0 Å². The van der Waals surface area contributed by atoms with Crippen molar-refractivity contribution >= 4 is 11.8 Å². The van der Waals surface area contributed by atoms with Gasteiger partial charge in [0.25, 0.3) is 0 Å². The molecule has 0 aliphatic rings. The van der Waals surface area contributed by atoms with Crippen LogP contribution < -0.4 is 5.73 Å². The first-order valence-corrected chi connectivity index (χ1v) is 4.44. The van der Waals surface area contributed by atoms with E-state index in [4.69, 9.17) is 5.73 Å². The molecule has 0 aliphatic heterocycles. The summed E-state index contributed by atoms with van der Waals surface area (Å²) < 4.78 is 0. The molecule has 0 bridgehead atoms. The van der Waals surface area contributed by atoms with Gasteiger partial charge in [0, 0.05) is 11.8 Å². The van der Waals surface area contributed by atoms with Gasteiger partial charge in [0.2, 0.25) is 5.16 Å². The summed E-state index contributed by atoms with van der Waals surface area (Å²) in [6.45, 7) is 3.84. The van der Waals surface area contributed by atoms with Crippen molar-refractivity contribution < 1.29 is 0 Å². The van der Waals surface area contributed by atoms with Crippen molar-refractivity contribution in [3.63, 3.8) is 0 Å². The van der Waals surface area contributed by atoms with Gasteiger partial charge in [-0.15, -0.1) is 5.10 Å². The van der Waals surface area contributed by atoms with Crippen molar-refractivity contribution in [3.8, 4) is 0 Å². The van der Waals surface area contributed by atoms with Gasteiger partial charge in [0.1, 0.15) is 5.82 Å². The first-order valence-electron chi connectivity index (χ1n) is 3.46. The Labute approximate surface area is 70.0 Å². The molecule has 0 saturated heterocycles. The Morgan fingerprint density at radius 1 is 1.73 bits per heavy atom. The number of aryl methyl sites for hydroxylation is 1. The van der Waals surface area contributed by atoms with Gasteiger partial charge in [0.05, 0.1) is 0 Å². The molecule has 0 spiro atoms. The molecule has 0 radical (unpaired) electrons. The van der Waals surface area contributed by atoms with Crippen molar-refractivity contribution in [1.29, 1.82) is 0 Å². The van der Waals surface area contributed by atoms with Gasteiger partial charge in [-0.1, -0.05) is 11.8 Å². The molecule has 1 heterocycles. The average Bonchev–Trinajstić information content (AvgIpc) is 2.31. The molecule has 1 atom stereocenters. The van der Waals surface area contributed by atoms with Crippen molar-refractivity contribution in [1.82, 2.24) is 15.2 Å². The Bertz CT molecular complexity index is 220. The van der Waals surface area contributed by atoms with Crippen molar-refractivity contribution in [2.75, 3.05) is 5.75 Å². The van der Waals surface area contributed by atoms with E-state index in [0.29, 0.717) is 0 Å². The quantitative estimate of drug-likeness (QED) is 0.653. The van der Waals surface area contributed by atoms with E-state index >= 15 is 0 Å². The number of nitrogens with two attached hydrogens (primary N) is 1. The van der Waals surface area contributed by atoms with Crippen molar-refractivity contribution in [2.45, 2.75) is 25.0 Å². The SMILES string of the molecule is Cc1nc(SC[C@H](C)N)n[nH]1. The number of H-pyrrole nitrogens is 1. The number of aromatic nitrogens is 3. The number of aromatic amines is 1. The van der Waals surface area contributed by atoms with Crippen LogP contribution in [0, 0.1) is 6.92 Å². The number of nitrogens with zero attached hydrogens (tertiary/aromatic N) is 2. The van der Waals surface area contributed by atoms with E-state index in [-0.39, 0.29) is 6.04 Å². The molecule has 62 valence electrons. The minimum atomic E-state index is 0.193. The zero-order chi connectivity index (χ0) is 8.27. The monoisotopic (exact) mass is 172 g/mol. The van der Waals surface area contributed by atoms with Crippen LogP contribution in [0.2, 0.25) is 0 Å². The van der Waals surface area contributed by atoms with Crippen LogP contribution in [-0.4, -0.2) is 27.0 Å². The minimum Gasteiger partial charge on any atom is -0.327 e. The Kier molecular flexibility index (Phi) is 2.90. The molecular weight excluding hydrogens is 160 g/mol. The number of nitrogens with one attached hydrogen (secondary N) is 1. The lowest BCUT2D eigenvalue weighted by Crippen LogP contribution is -2.17. The normalized spacial score (nSPS) is 13.4. The second kappa shape index (κ2) is 3.73. The van der Waals surface area contributed by atoms with Gasteiger partial charge < -0.3 is 5.73 Å². The zero-order valence-corrected chi connectivity index (χ0v) is 7.48. The molecule has 3 N–H and O–H groups in total. The Hall–Kier alpha value is -0.550. The highest BCUT2D eigenvalue weighted by atomic mass is 32.2. The van der Waals surface area contributed by atoms with Crippen molar-refractivity contribution in [3.05, 3.63) is 5.82 Å². The van der Waals surface area contributed by atoms with Crippen molar-refractivity contribution in [2.24, 2.45) is 5.73 Å². The van der Waals surface area contributed by atoms with E-state index in [1.807, 2.05) is 13.8 Å². The van der Waals surface area contributed by atoms with Crippen LogP contribution in [0.4, 0.5) is 0 Å². The van der Waals surface area contributed by atoms with E-state index in [1.165, 1.54) is 0 Å². The second-order valence-corrected chi connectivity index (χ2v) is 3.48. The maximum Gasteiger partial charge on any atom is 0.208 e. The van der Waals surface area contributed by atoms with Crippen LogP contribution in [0.3, 0.4) is 0 Å². The molecule has 1 aromatic rings. The molecule has 0 aromatic carbocycles. The number of rotatable bonds is 3. The predicted octanol–water partition coefficient (Wildman–Crippen LogP) is 0.552. The third kappa shape index (κ3) is 2.90. The molecule has 0 saturated carbocycles. The van der Waals surface area contributed by atoms with Crippen LogP contribution in [0.1, 0.15) is 12.7 Å². The second-order valence-electron chi connectivity index (χ2n) is 2.49. The average molecular weight is 172 g/mol. The molecule has 4 nitrogen and oxygen atoms in total. The van der Waals surface area contributed by atoms with Crippen LogP contribution in [0.15, 0.2) is 5.16 Å². The van der Waals surface area contributed by atoms with Crippen LogP contribution in [0.5, 0.6) is 0 Å². The van der Waals surface area contributed by atoms with Crippen LogP contribution in [-0.2, 0) is 0 Å². The standard InChI is InChI=1S/C6H12N4S/c1-4(7)3-11-6-8-5(2)9-10-6/h4H,3,7H2,1-2H3,(H,8,9,10)/t4-/m0/s1. The maximum atomic E-state index is 5.56. The van der Waals surface area contributed by atoms with Crippen LogP contribution >= 0.6 is 11.8 Å². The van der Waals surface area contributed by atoms with Gasteiger partial charge in [-0.25, -0.2) is 4.98 Å². The van der Waals surface area contributed by atoms with Crippen LogP contribution in [0.25, 0.3) is 0 Å². The predicted molar refractivity (Wildman–Crippen MR) is 45.5 cm³/mol. The highest BCUT2D eigenvalue weighted by Crippen LogP contribution is 2.11. The number of hydrogen-bond acceptors (Lipinski definition) is 4. The number of hydrogen-bond donors (Lipinski definition) is 2. The summed E-state index contributed by atoms with van der Waals surface area (Å²) >= 11 is 1.57. The van der Waals surface area contributed by atoms with E-state index in [2.05, 4.69) is 15.2 Å². The fraction of sp³-hybridized carbons (Fsp3) is 0.667. The van der Waals surface area contributed by atoms with E-state index in [0.717, 1.165) is 16.7 Å². The highest BCUT2D eigenvalue weighted by Gasteiger charge is 2.01. The van der Waals surface area contributed by atoms with E-state index in [1.54, 1.807) is 11.8 Å². The Balaban J connectivity index is 2.39.